The summed E-state index contributed by atoms with van der Waals surface area (Å²) < 4.78 is 0. The minimum Gasteiger partial charge on any atom is -0.339 e. The van der Waals surface area contributed by atoms with Crippen molar-refractivity contribution in [2.75, 3.05) is 19.4 Å². The van der Waals surface area contributed by atoms with Gasteiger partial charge in [0.25, 0.3) is 11.1 Å². The summed E-state index contributed by atoms with van der Waals surface area (Å²) in [6.45, 7) is 1.86. The molecule has 0 aliphatic rings. The summed E-state index contributed by atoms with van der Waals surface area (Å²) in [6, 6.07) is 10.7. The Morgan fingerprint density at radius 1 is 1.14 bits per heavy atom. The van der Waals surface area contributed by atoms with E-state index < -0.39 is 0 Å². The van der Waals surface area contributed by atoms with E-state index in [1.807, 2.05) is 19.1 Å². The Kier molecular flexibility index (Phi) is 5.16. The van der Waals surface area contributed by atoms with Crippen molar-refractivity contribution in [3.05, 3.63) is 53.9 Å². The van der Waals surface area contributed by atoms with Gasteiger partial charge in [0.2, 0.25) is 0 Å². The highest BCUT2D eigenvalue weighted by atomic mass is 32.2. The van der Waals surface area contributed by atoms with Gasteiger partial charge in [-0.1, -0.05) is 12.1 Å². The first kappa shape index (κ1) is 16.0. The predicted molar refractivity (Wildman–Crippen MR) is 88.3 cm³/mol. The van der Waals surface area contributed by atoms with Crippen LogP contribution in [-0.4, -0.2) is 35.1 Å². The number of nitrogens with zero attached hydrogens (tertiary/aromatic N) is 2. The Bertz CT molecular complexity index is 684. The molecule has 2 rings (SSSR count). The van der Waals surface area contributed by atoms with Gasteiger partial charge in [-0.25, -0.2) is 0 Å². The summed E-state index contributed by atoms with van der Waals surface area (Å²) in [5.41, 5.74) is 1.93. The van der Waals surface area contributed by atoms with Crippen molar-refractivity contribution in [2.24, 2.45) is 0 Å². The summed E-state index contributed by atoms with van der Waals surface area (Å²) in [4.78, 5) is 30.4. The van der Waals surface area contributed by atoms with E-state index in [4.69, 9.17) is 0 Å². The first-order valence-corrected chi connectivity index (χ1v) is 7.51. The van der Waals surface area contributed by atoms with Gasteiger partial charge in [-0.3, -0.25) is 14.6 Å². The number of pyridine rings is 1. The summed E-state index contributed by atoms with van der Waals surface area (Å²) in [6.07, 6.45) is 1.53. The first-order chi connectivity index (χ1) is 10.5. The monoisotopic (exact) mass is 315 g/mol. The Balaban J connectivity index is 2.17. The zero-order valence-electron chi connectivity index (χ0n) is 12.7. The zero-order chi connectivity index (χ0) is 16.1. The van der Waals surface area contributed by atoms with Crippen LogP contribution in [0.2, 0.25) is 0 Å². The lowest BCUT2D eigenvalue weighted by Crippen LogP contribution is -2.17. The number of carbonyl (C=O) groups excluding carboxylic acids is 2. The molecule has 0 spiro atoms. The van der Waals surface area contributed by atoms with Gasteiger partial charge in [0, 0.05) is 30.9 Å². The van der Waals surface area contributed by atoms with Crippen LogP contribution < -0.4 is 5.32 Å². The van der Waals surface area contributed by atoms with Crippen LogP contribution >= 0.6 is 11.8 Å². The van der Waals surface area contributed by atoms with Crippen LogP contribution in [0.4, 0.5) is 10.5 Å². The van der Waals surface area contributed by atoms with E-state index in [1.165, 1.54) is 11.1 Å². The lowest BCUT2D eigenvalue weighted by Gasteiger charge is -2.13. The lowest BCUT2D eigenvalue weighted by atomic mass is 10.2. The second-order valence-corrected chi connectivity index (χ2v) is 5.89. The molecular formula is C16H17N3O2S. The van der Waals surface area contributed by atoms with Crippen LogP contribution in [0.15, 0.2) is 47.5 Å². The number of rotatable bonds is 3. The molecular weight excluding hydrogens is 298 g/mol. The van der Waals surface area contributed by atoms with Crippen molar-refractivity contribution < 1.29 is 9.59 Å². The van der Waals surface area contributed by atoms with Crippen LogP contribution in [0.5, 0.6) is 0 Å². The fourth-order valence-corrected chi connectivity index (χ4v) is 2.39. The molecule has 0 atom stereocenters. The smallest absolute Gasteiger partial charge is 0.286 e. The van der Waals surface area contributed by atoms with E-state index in [9.17, 15) is 9.59 Å². The summed E-state index contributed by atoms with van der Waals surface area (Å²) >= 11 is 1.07. The first-order valence-electron chi connectivity index (χ1n) is 6.69. The van der Waals surface area contributed by atoms with E-state index in [-0.39, 0.29) is 11.1 Å². The predicted octanol–water partition coefficient (Wildman–Crippen LogP) is 3.42. The molecule has 1 aromatic heterocycles. The fraction of sp³-hybridized carbons (Fsp3) is 0.188. The Hall–Kier alpha value is -2.34. The Morgan fingerprint density at radius 2 is 1.86 bits per heavy atom. The third kappa shape index (κ3) is 4.08. The van der Waals surface area contributed by atoms with Crippen molar-refractivity contribution in [1.29, 1.82) is 0 Å². The third-order valence-corrected chi connectivity index (χ3v) is 3.99. The molecule has 0 radical (unpaired) electrons. The molecule has 2 amide bonds. The van der Waals surface area contributed by atoms with Crippen molar-refractivity contribution in [1.82, 2.24) is 9.88 Å². The molecule has 1 heterocycles. The highest BCUT2D eigenvalue weighted by molar-refractivity contribution is 8.13. The summed E-state index contributed by atoms with van der Waals surface area (Å²) in [7, 11) is 3.38. The second kappa shape index (κ2) is 7.09. The van der Waals surface area contributed by atoms with Gasteiger partial charge in [-0.05, 0) is 43.0 Å². The number of anilines is 1. The van der Waals surface area contributed by atoms with Gasteiger partial charge >= 0.3 is 0 Å². The number of aromatic nitrogens is 1. The molecule has 0 bridgehead atoms. The Labute approximate surface area is 133 Å². The topological polar surface area (TPSA) is 62.3 Å². The van der Waals surface area contributed by atoms with Gasteiger partial charge in [-0.15, -0.1) is 0 Å². The molecule has 0 saturated heterocycles. The number of para-hydroxylation sites is 1. The summed E-state index contributed by atoms with van der Waals surface area (Å²) in [5, 5.41) is 2.72. The van der Waals surface area contributed by atoms with Gasteiger partial charge in [0.15, 0.2) is 0 Å². The number of nitrogens with one attached hydrogen (secondary N) is 1. The largest absolute Gasteiger partial charge is 0.339 e. The van der Waals surface area contributed by atoms with Crippen molar-refractivity contribution >= 4 is 28.6 Å². The van der Waals surface area contributed by atoms with E-state index >= 15 is 0 Å². The van der Waals surface area contributed by atoms with Gasteiger partial charge in [-0.2, -0.15) is 0 Å². The third-order valence-electron chi connectivity index (χ3n) is 2.87. The Morgan fingerprint density at radius 3 is 2.50 bits per heavy atom. The average molecular weight is 315 g/mol. The zero-order valence-corrected chi connectivity index (χ0v) is 13.5. The van der Waals surface area contributed by atoms with Crippen LogP contribution in [-0.2, 0) is 0 Å². The van der Waals surface area contributed by atoms with Crippen molar-refractivity contribution in [3.63, 3.8) is 0 Å². The number of amides is 2. The summed E-state index contributed by atoms with van der Waals surface area (Å²) in [5.74, 6) is -0.252. The van der Waals surface area contributed by atoms with Gasteiger partial charge < -0.3 is 10.2 Å². The van der Waals surface area contributed by atoms with Gasteiger partial charge in [0.05, 0.1) is 11.3 Å². The van der Waals surface area contributed by atoms with E-state index in [1.54, 1.807) is 38.4 Å². The quantitative estimate of drug-likeness (QED) is 0.882. The molecule has 6 heteroatoms. The highest BCUT2D eigenvalue weighted by Crippen LogP contribution is 2.28. The second-order valence-electron chi connectivity index (χ2n) is 4.90. The molecule has 0 aliphatic heterocycles. The van der Waals surface area contributed by atoms with Crippen molar-refractivity contribution in [3.8, 4) is 0 Å². The number of hydrogen-bond acceptors (Lipinski definition) is 4. The maximum Gasteiger partial charge on any atom is 0.286 e. The minimum atomic E-state index is -0.252. The van der Waals surface area contributed by atoms with Crippen LogP contribution in [0.1, 0.15) is 16.1 Å². The van der Waals surface area contributed by atoms with E-state index in [2.05, 4.69) is 10.3 Å². The molecule has 1 N–H and O–H groups in total. The highest BCUT2D eigenvalue weighted by Gasteiger charge is 2.13. The molecule has 22 heavy (non-hydrogen) atoms. The molecule has 114 valence electrons. The standard InChI is InChI=1S/C16H17N3O2S/c1-11-8-9-12(10-17-11)15(20)18-13-6-4-5-7-14(13)22-16(21)19(2)3/h4-10H,1-3H3,(H,18,20). The lowest BCUT2D eigenvalue weighted by molar-refractivity contribution is 0.102. The minimum absolute atomic E-state index is 0.0984. The number of benzene rings is 1. The van der Waals surface area contributed by atoms with E-state index in [0.29, 0.717) is 16.1 Å². The number of thioether (sulfide) groups is 1. The molecule has 5 nitrogen and oxygen atoms in total. The fourth-order valence-electron chi connectivity index (χ4n) is 1.64. The van der Waals surface area contributed by atoms with E-state index in [0.717, 1.165) is 17.5 Å². The number of aryl methyl sites for hydroxylation is 1. The normalized spacial score (nSPS) is 10.1. The maximum atomic E-state index is 12.2. The molecule has 0 fully saturated rings. The number of carbonyl (C=O) groups is 2. The average Bonchev–Trinajstić information content (AvgIpc) is 2.49. The van der Waals surface area contributed by atoms with Crippen LogP contribution in [0.3, 0.4) is 0 Å². The number of hydrogen-bond donors (Lipinski definition) is 1. The van der Waals surface area contributed by atoms with Gasteiger partial charge in [0.1, 0.15) is 0 Å². The molecule has 0 unspecified atom stereocenters. The van der Waals surface area contributed by atoms with Crippen molar-refractivity contribution in [2.45, 2.75) is 11.8 Å². The molecule has 0 aliphatic carbocycles. The molecule has 1 aromatic carbocycles. The maximum absolute atomic E-state index is 12.2. The molecule has 2 aromatic rings. The van der Waals surface area contributed by atoms with Crippen LogP contribution in [0.25, 0.3) is 0 Å². The van der Waals surface area contributed by atoms with Crippen LogP contribution in [0, 0.1) is 6.92 Å². The SMILES string of the molecule is Cc1ccc(C(=O)Nc2ccccc2SC(=O)N(C)C)cn1. The molecule has 0 saturated carbocycles.